The average Bonchev–Trinajstić information content (AvgIpc) is 3.14. The van der Waals surface area contributed by atoms with Crippen LogP contribution in [-0.2, 0) is 21.5 Å². The topological polar surface area (TPSA) is 76.1 Å². The standard InChI is InChI=1S/C32H33Cl2NO5/c1-17-8-9-18(2)20(14-17)16-35-26(19-10-12-21(13-11-19)32(3,4)5)24(28(37)31(35)38)27(36)22-15-23(33)30(40-7)25(34)29(22)39-6/h8-15,26,36H,16H2,1-7H3/b27-24+. The summed E-state index contributed by atoms with van der Waals surface area (Å²) in [7, 11) is 2.79. The lowest BCUT2D eigenvalue weighted by molar-refractivity contribution is -0.140. The smallest absolute Gasteiger partial charge is 0.295 e. The van der Waals surface area contributed by atoms with Gasteiger partial charge in [0.2, 0.25) is 0 Å². The first-order chi connectivity index (χ1) is 18.8. The van der Waals surface area contributed by atoms with Crippen LogP contribution in [0, 0.1) is 13.8 Å². The number of hydrogen-bond donors (Lipinski definition) is 1. The zero-order chi connectivity index (χ0) is 29.5. The number of halogens is 2. The lowest BCUT2D eigenvalue weighted by Gasteiger charge is -2.27. The molecule has 0 spiro atoms. The largest absolute Gasteiger partial charge is 0.507 e. The second-order valence-corrected chi connectivity index (χ2v) is 11.8. The molecule has 0 aliphatic carbocycles. The van der Waals surface area contributed by atoms with Crippen LogP contribution in [0.25, 0.3) is 5.76 Å². The summed E-state index contributed by atoms with van der Waals surface area (Å²) in [6.45, 7) is 10.4. The molecule has 210 valence electrons. The Morgan fingerprint density at radius 1 is 0.950 bits per heavy atom. The van der Waals surface area contributed by atoms with Gasteiger partial charge in [0.25, 0.3) is 11.7 Å². The molecular weight excluding hydrogens is 549 g/mol. The summed E-state index contributed by atoms with van der Waals surface area (Å²) >= 11 is 12.9. The maximum Gasteiger partial charge on any atom is 0.295 e. The molecule has 0 bridgehead atoms. The molecule has 1 atom stereocenters. The summed E-state index contributed by atoms with van der Waals surface area (Å²) in [5.74, 6) is -1.71. The number of methoxy groups -OCH3 is 2. The lowest BCUT2D eigenvalue weighted by Crippen LogP contribution is -2.29. The minimum absolute atomic E-state index is 0.0368. The quantitative estimate of drug-likeness (QED) is 0.185. The lowest BCUT2D eigenvalue weighted by atomic mass is 9.85. The summed E-state index contributed by atoms with van der Waals surface area (Å²) in [4.78, 5) is 28.7. The van der Waals surface area contributed by atoms with Crippen molar-refractivity contribution < 1.29 is 24.2 Å². The predicted molar refractivity (Wildman–Crippen MR) is 158 cm³/mol. The first kappa shape index (κ1) is 29.5. The maximum absolute atomic E-state index is 13.6. The van der Waals surface area contributed by atoms with Crippen molar-refractivity contribution in [3.63, 3.8) is 0 Å². The monoisotopic (exact) mass is 581 g/mol. The van der Waals surface area contributed by atoms with Crippen molar-refractivity contribution in [3.8, 4) is 11.5 Å². The molecule has 4 rings (SSSR count). The fourth-order valence-electron chi connectivity index (χ4n) is 5.00. The first-order valence-electron chi connectivity index (χ1n) is 12.9. The Balaban J connectivity index is 1.96. The van der Waals surface area contributed by atoms with Crippen LogP contribution in [0.4, 0.5) is 0 Å². The highest BCUT2D eigenvalue weighted by Gasteiger charge is 2.46. The number of ether oxygens (including phenoxy) is 2. The number of nitrogens with zero attached hydrogens (tertiary/aromatic N) is 1. The van der Waals surface area contributed by atoms with Crippen LogP contribution in [-0.4, -0.2) is 35.9 Å². The summed E-state index contributed by atoms with van der Waals surface area (Å²) in [6.07, 6.45) is 0. The Morgan fingerprint density at radius 3 is 2.15 bits per heavy atom. The van der Waals surface area contributed by atoms with Crippen LogP contribution >= 0.6 is 23.2 Å². The fourth-order valence-corrected chi connectivity index (χ4v) is 5.69. The summed E-state index contributed by atoms with van der Waals surface area (Å²) in [6, 6.07) is 14.3. The third-order valence-electron chi connectivity index (χ3n) is 7.27. The molecule has 0 aromatic heterocycles. The van der Waals surface area contributed by atoms with Crippen LogP contribution < -0.4 is 9.47 Å². The predicted octanol–water partition coefficient (Wildman–Crippen LogP) is 7.55. The molecule has 1 amide bonds. The number of ketones is 1. The van der Waals surface area contributed by atoms with Gasteiger partial charge in [-0.2, -0.15) is 0 Å². The van der Waals surface area contributed by atoms with Gasteiger partial charge in [-0.3, -0.25) is 9.59 Å². The Labute approximate surface area is 245 Å². The van der Waals surface area contributed by atoms with E-state index in [1.54, 1.807) is 0 Å². The second kappa shape index (κ2) is 11.2. The van der Waals surface area contributed by atoms with Gasteiger partial charge in [0, 0.05) is 6.54 Å². The highest BCUT2D eigenvalue weighted by molar-refractivity contribution is 6.47. The van der Waals surface area contributed by atoms with Gasteiger partial charge in [-0.05, 0) is 47.6 Å². The van der Waals surface area contributed by atoms with Gasteiger partial charge in [0.15, 0.2) is 11.5 Å². The van der Waals surface area contributed by atoms with Crippen molar-refractivity contribution in [3.05, 3.63) is 97.5 Å². The van der Waals surface area contributed by atoms with E-state index >= 15 is 0 Å². The zero-order valence-electron chi connectivity index (χ0n) is 23.7. The maximum atomic E-state index is 13.6. The third kappa shape index (κ3) is 5.30. The molecule has 6 nitrogen and oxygen atoms in total. The van der Waals surface area contributed by atoms with Crippen molar-refractivity contribution in [2.24, 2.45) is 0 Å². The number of rotatable bonds is 6. The van der Waals surface area contributed by atoms with E-state index in [2.05, 4.69) is 20.8 Å². The van der Waals surface area contributed by atoms with Crippen molar-refractivity contribution >= 4 is 40.7 Å². The van der Waals surface area contributed by atoms with E-state index in [0.29, 0.717) is 5.56 Å². The fraction of sp³-hybridized carbons (Fsp3) is 0.312. The zero-order valence-corrected chi connectivity index (χ0v) is 25.2. The molecule has 0 saturated carbocycles. The van der Waals surface area contributed by atoms with Crippen molar-refractivity contribution in [2.75, 3.05) is 14.2 Å². The van der Waals surface area contributed by atoms with E-state index in [4.69, 9.17) is 32.7 Å². The average molecular weight is 583 g/mol. The van der Waals surface area contributed by atoms with Crippen LogP contribution in [0.5, 0.6) is 11.5 Å². The number of benzene rings is 3. The van der Waals surface area contributed by atoms with Crippen molar-refractivity contribution in [1.29, 1.82) is 0 Å². The molecule has 1 fully saturated rings. The molecule has 1 aliphatic heterocycles. The molecule has 0 radical (unpaired) electrons. The molecule has 1 N–H and O–H groups in total. The normalized spacial score (nSPS) is 16.9. The highest BCUT2D eigenvalue weighted by atomic mass is 35.5. The second-order valence-electron chi connectivity index (χ2n) is 11.0. The van der Waals surface area contributed by atoms with E-state index < -0.39 is 23.5 Å². The number of aryl methyl sites for hydroxylation is 2. The van der Waals surface area contributed by atoms with E-state index in [1.807, 2.05) is 56.3 Å². The Hall–Kier alpha value is -3.48. The molecule has 3 aromatic rings. The van der Waals surface area contributed by atoms with Crippen molar-refractivity contribution in [2.45, 2.75) is 52.6 Å². The number of aliphatic hydroxyl groups is 1. The van der Waals surface area contributed by atoms with E-state index in [-0.39, 0.29) is 44.6 Å². The van der Waals surface area contributed by atoms with E-state index in [1.165, 1.54) is 25.2 Å². The first-order valence-corrected chi connectivity index (χ1v) is 13.6. The van der Waals surface area contributed by atoms with Gasteiger partial charge in [0.05, 0.1) is 36.4 Å². The number of hydrogen-bond acceptors (Lipinski definition) is 5. The molecule has 1 aliphatic rings. The van der Waals surface area contributed by atoms with Gasteiger partial charge >= 0.3 is 0 Å². The number of likely N-dealkylation sites (tertiary alicyclic amines) is 1. The molecule has 1 unspecified atom stereocenters. The SMILES string of the molecule is COc1c(Cl)cc(/C(O)=C2\C(=O)C(=O)N(Cc3cc(C)ccc3C)C2c2ccc(C(C)(C)C)cc2)c(OC)c1Cl. The van der Waals surface area contributed by atoms with Gasteiger partial charge < -0.3 is 19.5 Å². The van der Waals surface area contributed by atoms with Crippen molar-refractivity contribution in [1.82, 2.24) is 4.90 Å². The Bertz CT molecular complexity index is 1520. The third-order valence-corrected chi connectivity index (χ3v) is 7.90. The van der Waals surface area contributed by atoms with Crippen LogP contribution in [0.1, 0.15) is 60.2 Å². The Kier molecular flexibility index (Phi) is 8.25. The minimum Gasteiger partial charge on any atom is -0.507 e. The molecule has 1 saturated heterocycles. The summed E-state index contributed by atoms with van der Waals surface area (Å²) < 4.78 is 10.8. The van der Waals surface area contributed by atoms with Crippen LogP contribution in [0.15, 0.2) is 54.1 Å². The number of amides is 1. The molecular formula is C32H33Cl2NO5. The van der Waals surface area contributed by atoms with E-state index in [9.17, 15) is 14.7 Å². The highest BCUT2D eigenvalue weighted by Crippen LogP contribution is 2.47. The molecule has 8 heteroatoms. The van der Waals surface area contributed by atoms with Gasteiger partial charge in [0.1, 0.15) is 10.8 Å². The van der Waals surface area contributed by atoms with Crippen LogP contribution in [0.3, 0.4) is 0 Å². The number of aliphatic hydroxyl groups excluding tert-OH is 1. The van der Waals surface area contributed by atoms with Crippen LogP contribution in [0.2, 0.25) is 10.0 Å². The summed E-state index contributed by atoms with van der Waals surface area (Å²) in [5, 5.41) is 11.8. The molecule has 3 aromatic carbocycles. The molecule has 1 heterocycles. The van der Waals surface area contributed by atoms with Gasteiger partial charge in [-0.15, -0.1) is 0 Å². The van der Waals surface area contributed by atoms with Gasteiger partial charge in [-0.25, -0.2) is 0 Å². The summed E-state index contributed by atoms with van der Waals surface area (Å²) in [5.41, 5.74) is 4.63. The Morgan fingerprint density at radius 2 is 1.57 bits per heavy atom. The number of carbonyl (C=O) groups is 2. The minimum atomic E-state index is -0.863. The number of carbonyl (C=O) groups excluding carboxylic acids is 2. The molecule has 40 heavy (non-hydrogen) atoms. The van der Waals surface area contributed by atoms with Gasteiger partial charge in [-0.1, -0.05) is 92.0 Å². The number of Topliss-reactive ketones (excluding diaryl/α,β-unsaturated/α-hetero) is 1. The van der Waals surface area contributed by atoms with E-state index in [0.717, 1.165) is 22.3 Å².